The zero-order chi connectivity index (χ0) is 13.8. The summed E-state index contributed by atoms with van der Waals surface area (Å²) in [4.78, 5) is 12.3. The molecule has 4 nitrogen and oxygen atoms in total. The fourth-order valence-electron chi connectivity index (χ4n) is 1.51. The predicted octanol–water partition coefficient (Wildman–Crippen LogP) is 4.52. The standard InChI is InChI=1S/C13H10BrNO3S/c1-18-13-8-11(6-7-12(13)15(16)17)19-10-4-2-9(14)3-5-10/h2-8H,1H3. The van der Waals surface area contributed by atoms with Crippen molar-refractivity contribution >= 4 is 33.4 Å². The molecule has 0 aliphatic carbocycles. The van der Waals surface area contributed by atoms with E-state index in [1.54, 1.807) is 12.1 Å². The molecule has 2 rings (SSSR count). The molecule has 0 fully saturated rings. The van der Waals surface area contributed by atoms with Gasteiger partial charge in [-0.15, -0.1) is 0 Å². The maximum atomic E-state index is 10.8. The summed E-state index contributed by atoms with van der Waals surface area (Å²) < 4.78 is 6.05. The minimum atomic E-state index is -0.451. The van der Waals surface area contributed by atoms with Crippen LogP contribution in [0.5, 0.6) is 5.75 Å². The van der Waals surface area contributed by atoms with E-state index in [4.69, 9.17) is 4.74 Å². The molecule has 0 unspecified atom stereocenters. The van der Waals surface area contributed by atoms with Crippen molar-refractivity contribution in [3.05, 3.63) is 57.1 Å². The minimum Gasteiger partial charge on any atom is -0.490 e. The summed E-state index contributed by atoms with van der Waals surface area (Å²) in [5, 5.41) is 10.8. The van der Waals surface area contributed by atoms with Gasteiger partial charge in [0, 0.05) is 26.4 Å². The summed E-state index contributed by atoms with van der Waals surface area (Å²) in [7, 11) is 1.43. The Bertz CT molecular complexity index is 601. The Morgan fingerprint density at radius 2 is 1.79 bits per heavy atom. The van der Waals surface area contributed by atoms with Crippen LogP contribution in [0.15, 0.2) is 56.7 Å². The normalized spacial score (nSPS) is 10.2. The second-order valence-corrected chi connectivity index (χ2v) is 5.71. The number of rotatable bonds is 4. The van der Waals surface area contributed by atoms with Crippen LogP contribution >= 0.6 is 27.7 Å². The highest BCUT2D eigenvalue weighted by molar-refractivity contribution is 9.10. The molecule has 0 aliphatic heterocycles. The first-order chi connectivity index (χ1) is 9.10. The zero-order valence-corrected chi connectivity index (χ0v) is 12.4. The molecule has 0 amide bonds. The predicted molar refractivity (Wildman–Crippen MR) is 77.9 cm³/mol. The van der Waals surface area contributed by atoms with Crippen molar-refractivity contribution in [3.8, 4) is 5.75 Å². The average Bonchev–Trinajstić information content (AvgIpc) is 2.41. The van der Waals surface area contributed by atoms with Crippen LogP contribution in [0.4, 0.5) is 5.69 Å². The molecule has 0 radical (unpaired) electrons. The van der Waals surface area contributed by atoms with E-state index < -0.39 is 4.92 Å². The van der Waals surface area contributed by atoms with Gasteiger partial charge in [-0.05, 0) is 30.3 Å². The van der Waals surface area contributed by atoms with E-state index in [1.165, 1.54) is 24.9 Å². The molecule has 0 aliphatic rings. The van der Waals surface area contributed by atoms with Crippen molar-refractivity contribution in [2.24, 2.45) is 0 Å². The second kappa shape index (κ2) is 6.08. The number of hydrogen-bond acceptors (Lipinski definition) is 4. The molecule has 6 heteroatoms. The van der Waals surface area contributed by atoms with Gasteiger partial charge in [0.25, 0.3) is 0 Å². The molecule has 0 N–H and O–H groups in total. The van der Waals surface area contributed by atoms with Gasteiger partial charge in [0.2, 0.25) is 0 Å². The van der Waals surface area contributed by atoms with Gasteiger partial charge in [0.05, 0.1) is 12.0 Å². The highest BCUT2D eigenvalue weighted by atomic mass is 79.9. The van der Waals surface area contributed by atoms with Crippen molar-refractivity contribution in [2.45, 2.75) is 9.79 Å². The van der Waals surface area contributed by atoms with Gasteiger partial charge in [-0.1, -0.05) is 27.7 Å². The van der Waals surface area contributed by atoms with Crippen molar-refractivity contribution in [3.63, 3.8) is 0 Å². The third-order valence-electron chi connectivity index (χ3n) is 2.40. The largest absolute Gasteiger partial charge is 0.490 e. The first-order valence-corrected chi connectivity index (χ1v) is 6.97. The number of benzene rings is 2. The Balaban J connectivity index is 2.26. The number of nitro groups is 1. The van der Waals surface area contributed by atoms with Crippen LogP contribution in [0.1, 0.15) is 0 Å². The molecular formula is C13H10BrNO3S. The van der Waals surface area contributed by atoms with Crippen molar-refractivity contribution in [1.29, 1.82) is 0 Å². The summed E-state index contributed by atoms with van der Waals surface area (Å²) in [6.07, 6.45) is 0. The van der Waals surface area contributed by atoms with E-state index in [2.05, 4.69) is 15.9 Å². The molecule has 0 atom stereocenters. The van der Waals surface area contributed by atoms with Crippen LogP contribution in [-0.4, -0.2) is 12.0 Å². The van der Waals surface area contributed by atoms with Crippen molar-refractivity contribution in [1.82, 2.24) is 0 Å². The maximum Gasteiger partial charge on any atom is 0.310 e. The number of nitrogens with zero attached hydrogens (tertiary/aromatic N) is 1. The minimum absolute atomic E-state index is 0.0253. The molecule has 2 aromatic rings. The van der Waals surface area contributed by atoms with Crippen LogP contribution in [0.3, 0.4) is 0 Å². The fourth-order valence-corrected chi connectivity index (χ4v) is 2.62. The highest BCUT2D eigenvalue weighted by Gasteiger charge is 2.14. The average molecular weight is 340 g/mol. The molecule has 0 spiro atoms. The Morgan fingerprint density at radius 1 is 1.16 bits per heavy atom. The van der Waals surface area contributed by atoms with Crippen LogP contribution in [-0.2, 0) is 0 Å². The van der Waals surface area contributed by atoms with Gasteiger partial charge in [-0.3, -0.25) is 10.1 Å². The van der Waals surface area contributed by atoms with Gasteiger partial charge in [0.1, 0.15) is 0 Å². The Hall–Kier alpha value is -1.53. The Kier molecular flexibility index (Phi) is 4.44. The summed E-state index contributed by atoms with van der Waals surface area (Å²) in [5.41, 5.74) is -0.0253. The zero-order valence-electron chi connectivity index (χ0n) is 10.00. The Labute approximate surface area is 123 Å². The molecule has 0 aromatic heterocycles. The van der Waals surface area contributed by atoms with Crippen LogP contribution < -0.4 is 4.74 Å². The summed E-state index contributed by atoms with van der Waals surface area (Å²) >= 11 is 4.90. The highest BCUT2D eigenvalue weighted by Crippen LogP contribution is 2.35. The Morgan fingerprint density at radius 3 is 2.37 bits per heavy atom. The van der Waals surface area contributed by atoms with Crippen LogP contribution in [0.25, 0.3) is 0 Å². The van der Waals surface area contributed by atoms with E-state index in [9.17, 15) is 10.1 Å². The van der Waals surface area contributed by atoms with E-state index in [-0.39, 0.29) is 11.4 Å². The molecule has 0 heterocycles. The molecular weight excluding hydrogens is 330 g/mol. The second-order valence-electron chi connectivity index (χ2n) is 3.65. The smallest absolute Gasteiger partial charge is 0.310 e. The number of ether oxygens (including phenoxy) is 1. The lowest BCUT2D eigenvalue weighted by Gasteiger charge is -2.05. The van der Waals surface area contributed by atoms with E-state index >= 15 is 0 Å². The lowest BCUT2D eigenvalue weighted by Crippen LogP contribution is -1.93. The molecule has 0 bridgehead atoms. The lowest BCUT2D eigenvalue weighted by atomic mass is 10.3. The lowest BCUT2D eigenvalue weighted by molar-refractivity contribution is -0.385. The van der Waals surface area contributed by atoms with Gasteiger partial charge in [-0.25, -0.2) is 0 Å². The molecule has 2 aromatic carbocycles. The number of halogens is 1. The SMILES string of the molecule is COc1cc(Sc2ccc(Br)cc2)ccc1[N+](=O)[O-]. The summed E-state index contributed by atoms with van der Waals surface area (Å²) in [6, 6.07) is 12.7. The van der Waals surface area contributed by atoms with Gasteiger partial charge in [0.15, 0.2) is 5.75 Å². The molecule has 0 saturated heterocycles. The molecule has 0 saturated carbocycles. The molecule has 19 heavy (non-hydrogen) atoms. The monoisotopic (exact) mass is 339 g/mol. The van der Waals surface area contributed by atoms with Crippen molar-refractivity contribution in [2.75, 3.05) is 7.11 Å². The van der Waals surface area contributed by atoms with Crippen LogP contribution in [0, 0.1) is 10.1 Å². The number of nitro benzene ring substituents is 1. The maximum absolute atomic E-state index is 10.8. The first kappa shape index (κ1) is 13.9. The van der Waals surface area contributed by atoms with E-state index in [0.29, 0.717) is 0 Å². The molecule has 98 valence electrons. The van der Waals surface area contributed by atoms with Crippen LogP contribution in [0.2, 0.25) is 0 Å². The summed E-state index contributed by atoms with van der Waals surface area (Å²) in [6.45, 7) is 0. The van der Waals surface area contributed by atoms with Gasteiger partial charge < -0.3 is 4.74 Å². The third kappa shape index (κ3) is 3.48. The number of hydrogen-bond donors (Lipinski definition) is 0. The first-order valence-electron chi connectivity index (χ1n) is 5.36. The fraction of sp³-hybridized carbons (Fsp3) is 0.0769. The van der Waals surface area contributed by atoms with Gasteiger partial charge in [-0.2, -0.15) is 0 Å². The quantitative estimate of drug-likeness (QED) is 0.607. The topological polar surface area (TPSA) is 52.4 Å². The van der Waals surface area contributed by atoms with E-state index in [0.717, 1.165) is 14.3 Å². The third-order valence-corrected chi connectivity index (χ3v) is 3.92. The van der Waals surface area contributed by atoms with E-state index in [1.807, 2.05) is 24.3 Å². The van der Waals surface area contributed by atoms with Gasteiger partial charge >= 0.3 is 5.69 Å². The van der Waals surface area contributed by atoms with Crippen molar-refractivity contribution < 1.29 is 9.66 Å². The summed E-state index contributed by atoms with van der Waals surface area (Å²) in [5.74, 6) is 0.270. The number of methoxy groups -OCH3 is 1.